The van der Waals surface area contributed by atoms with Gasteiger partial charge in [0.1, 0.15) is 5.82 Å². The fourth-order valence-electron chi connectivity index (χ4n) is 3.25. The van der Waals surface area contributed by atoms with Crippen LogP contribution in [0.1, 0.15) is 48.0 Å². The van der Waals surface area contributed by atoms with E-state index < -0.39 is 0 Å². The predicted octanol–water partition coefficient (Wildman–Crippen LogP) is 5.77. The van der Waals surface area contributed by atoms with Crippen molar-refractivity contribution in [3.05, 3.63) is 71.5 Å². The molecule has 2 atom stereocenters. The topological polar surface area (TPSA) is 26.3 Å². The van der Waals surface area contributed by atoms with E-state index in [1.54, 1.807) is 23.9 Å². The Morgan fingerprint density at radius 3 is 2.58 bits per heavy atom. The van der Waals surface area contributed by atoms with Crippen LogP contribution in [0.2, 0.25) is 0 Å². The lowest BCUT2D eigenvalue weighted by atomic mass is 10.0. The first kappa shape index (κ1) is 19.1. The number of carbonyl (C=O) groups excluding carboxylic acids is 1. The number of Topliss-reactive ketones (excluding diaryl/α,β-unsaturated/α-hetero) is 1. The third-order valence-corrected chi connectivity index (χ3v) is 6.43. The maximum Gasteiger partial charge on any atom is 0.220 e. The second kappa shape index (κ2) is 8.31. The molecule has 0 aromatic heterocycles. The minimum Gasteiger partial charge on any atom is -0.479 e. The third-order valence-electron chi connectivity index (χ3n) is 4.72. The SMILES string of the molecule is CCOC(=S)SC1(CCC(=O)c2ccc(F)cc2)CC1c1ccccc1. The van der Waals surface area contributed by atoms with Gasteiger partial charge in [0.15, 0.2) is 5.78 Å². The second-order valence-electron chi connectivity index (χ2n) is 6.45. The zero-order valence-corrected chi connectivity index (χ0v) is 16.2. The highest BCUT2D eigenvalue weighted by Gasteiger charge is 2.56. The average Bonchev–Trinajstić information content (AvgIpc) is 3.35. The Kier molecular flexibility index (Phi) is 6.09. The van der Waals surface area contributed by atoms with Crippen LogP contribution in [0.5, 0.6) is 0 Å². The summed E-state index contributed by atoms with van der Waals surface area (Å²) in [4.78, 5) is 12.5. The lowest BCUT2D eigenvalue weighted by Gasteiger charge is -2.17. The van der Waals surface area contributed by atoms with Gasteiger partial charge in [-0.25, -0.2) is 4.39 Å². The first-order chi connectivity index (χ1) is 12.5. The van der Waals surface area contributed by atoms with Gasteiger partial charge in [0.2, 0.25) is 4.38 Å². The van der Waals surface area contributed by atoms with E-state index in [0.717, 1.165) is 12.8 Å². The zero-order chi connectivity index (χ0) is 18.6. The van der Waals surface area contributed by atoms with Crippen molar-refractivity contribution >= 4 is 34.1 Å². The van der Waals surface area contributed by atoms with Crippen LogP contribution in [0.3, 0.4) is 0 Å². The molecular formula is C21H21FO2S2. The number of halogens is 1. The van der Waals surface area contributed by atoms with Crippen molar-refractivity contribution in [2.45, 2.75) is 36.9 Å². The summed E-state index contributed by atoms with van der Waals surface area (Å²) in [5, 5.41) is 0. The molecule has 0 radical (unpaired) electrons. The third kappa shape index (κ3) is 4.51. The van der Waals surface area contributed by atoms with Crippen molar-refractivity contribution in [3.8, 4) is 0 Å². The van der Waals surface area contributed by atoms with E-state index in [9.17, 15) is 9.18 Å². The van der Waals surface area contributed by atoms with Crippen LogP contribution in [0.4, 0.5) is 4.39 Å². The fraction of sp³-hybridized carbons (Fsp3) is 0.333. The van der Waals surface area contributed by atoms with Crippen LogP contribution in [0, 0.1) is 5.82 Å². The highest BCUT2D eigenvalue weighted by atomic mass is 32.2. The van der Waals surface area contributed by atoms with Crippen LogP contribution in [0.25, 0.3) is 0 Å². The molecule has 5 heteroatoms. The zero-order valence-electron chi connectivity index (χ0n) is 14.6. The van der Waals surface area contributed by atoms with Gasteiger partial charge in [0.05, 0.1) is 6.61 Å². The molecule has 1 aliphatic carbocycles. The van der Waals surface area contributed by atoms with Crippen molar-refractivity contribution in [3.63, 3.8) is 0 Å². The molecule has 0 spiro atoms. The van der Waals surface area contributed by atoms with Gasteiger partial charge in [-0.15, -0.1) is 0 Å². The summed E-state index contributed by atoms with van der Waals surface area (Å²) in [6.45, 7) is 2.46. The van der Waals surface area contributed by atoms with E-state index in [-0.39, 0.29) is 16.3 Å². The van der Waals surface area contributed by atoms with Crippen LogP contribution in [-0.4, -0.2) is 21.5 Å². The number of ketones is 1. The second-order valence-corrected chi connectivity index (χ2v) is 8.46. The number of hydrogen-bond acceptors (Lipinski definition) is 4. The van der Waals surface area contributed by atoms with Crippen molar-refractivity contribution in [2.75, 3.05) is 6.61 Å². The number of carbonyl (C=O) groups is 1. The maximum atomic E-state index is 13.0. The monoisotopic (exact) mass is 388 g/mol. The maximum absolute atomic E-state index is 13.0. The highest BCUT2D eigenvalue weighted by Crippen LogP contribution is 2.63. The molecule has 0 heterocycles. The Hall–Kier alpha value is -1.72. The van der Waals surface area contributed by atoms with Crippen molar-refractivity contribution in [1.29, 1.82) is 0 Å². The Morgan fingerprint density at radius 2 is 1.92 bits per heavy atom. The average molecular weight is 389 g/mol. The molecule has 0 bridgehead atoms. The summed E-state index contributed by atoms with van der Waals surface area (Å²) in [6, 6.07) is 16.1. The predicted molar refractivity (Wildman–Crippen MR) is 108 cm³/mol. The van der Waals surface area contributed by atoms with Gasteiger partial charge in [0, 0.05) is 22.6 Å². The van der Waals surface area contributed by atoms with Gasteiger partial charge in [-0.05, 0) is 61.8 Å². The van der Waals surface area contributed by atoms with E-state index in [1.165, 1.54) is 17.7 Å². The molecule has 0 amide bonds. The summed E-state index contributed by atoms with van der Waals surface area (Å²) in [6.07, 6.45) is 2.11. The first-order valence-electron chi connectivity index (χ1n) is 8.73. The number of ether oxygens (including phenoxy) is 1. The molecule has 0 saturated heterocycles. The van der Waals surface area contributed by atoms with Crippen molar-refractivity contribution < 1.29 is 13.9 Å². The van der Waals surface area contributed by atoms with E-state index >= 15 is 0 Å². The minimum absolute atomic E-state index is 0.0333. The van der Waals surface area contributed by atoms with Crippen molar-refractivity contribution in [1.82, 2.24) is 0 Å². The summed E-state index contributed by atoms with van der Waals surface area (Å²) in [5.74, 6) is 0.0705. The molecule has 2 aromatic rings. The Balaban J connectivity index is 1.69. The Morgan fingerprint density at radius 1 is 1.23 bits per heavy atom. The molecule has 26 heavy (non-hydrogen) atoms. The fourth-order valence-corrected chi connectivity index (χ4v) is 5.11. The number of thioether (sulfide) groups is 1. The first-order valence-corrected chi connectivity index (χ1v) is 9.96. The van der Waals surface area contributed by atoms with E-state index in [2.05, 4.69) is 12.1 Å². The standard InChI is InChI=1S/C21H21FO2S2/c1-2-24-20(25)26-21(14-18(21)15-6-4-3-5-7-15)13-12-19(23)16-8-10-17(22)11-9-16/h3-11,18H,2,12-14H2,1H3. The quantitative estimate of drug-likeness (QED) is 0.444. The molecule has 0 N–H and O–H groups in total. The molecule has 1 fully saturated rings. The molecule has 2 unspecified atom stereocenters. The number of rotatable bonds is 7. The lowest BCUT2D eigenvalue weighted by molar-refractivity contribution is 0.0979. The van der Waals surface area contributed by atoms with E-state index in [1.807, 2.05) is 25.1 Å². The molecule has 0 aliphatic heterocycles. The van der Waals surface area contributed by atoms with Crippen LogP contribution in [0.15, 0.2) is 54.6 Å². The normalized spacial score (nSPS) is 21.2. The number of benzene rings is 2. The summed E-state index contributed by atoms with van der Waals surface area (Å²) < 4.78 is 19.0. The largest absolute Gasteiger partial charge is 0.479 e. The molecule has 3 rings (SSSR count). The van der Waals surface area contributed by atoms with Gasteiger partial charge in [-0.2, -0.15) is 0 Å². The van der Waals surface area contributed by atoms with Gasteiger partial charge in [-0.3, -0.25) is 4.79 Å². The molecule has 1 aliphatic rings. The highest BCUT2D eigenvalue weighted by molar-refractivity contribution is 8.23. The molecular weight excluding hydrogens is 367 g/mol. The molecule has 1 saturated carbocycles. The van der Waals surface area contributed by atoms with Gasteiger partial charge in [0.25, 0.3) is 0 Å². The molecule has 136 valence electrons. The summed E-state index contributed by atoms with van der Waals surface area (Å²) >= 11 is 6.92. The summed E-state index contributed by atoms with van der Waals surface area (Å²) in [7, 11) is 0. The van der Waals surface area contributed by atoms with Crippen LogP contribution >= 0.6 is 24.0 Å². The Bertz CT molecular complexity index is 776. The van der Waals surface area contributed by atoms with Crippen LogP contribution < -0.4 is 0 Å². The van der Waals surface area contributed by atoms with Gasteiger partial charge >= 0.3 is 0 Å². The van der Waals surface area contributed by atoms with Crippen LogP contribution in [-0.2, 0) is 4.74 Å². The number of thiocarbonyl (C=S) groups is 1. The lowest BCUT2D eigenvalue weighted by Crippen LogP contribution is -2.14. The van der Waals surface area contributed by atoms with Gasteiger partial charge < -0.3 is 4.74 Å². The Labute approximate surface area is 163 Å². The summed E-state index contributed by atoms with van der Waals surface area (Å²) in [5.41, 5.74) is 1.82. The van der Waals surface area contributed by atoms with E-state index in [0.29, 0.717) is 28.9 Å². The molecule has 2 aromatic carbocycles. The van der Waals surface area contributed by atoms with E-state index in [4.69, 9.17) is 17.0 Å². The molecule has 2 nitrogen and oxygen atoms in total. The van der Waals surface area contributed by atoms with Gasteiger partial charge in [-0.1, -0.05) is 42.1 Å². The number of hydrogen-bond donors (Lipinski definition) is 0. The van der Waals surface area contributed by atoms with Crippen molar-refractivity contribution in [2.24, 2.45) is 0 Å². The minimum atomic E-state index is -0.332. The smallest absolute Gasteiger partial charge is 0.220 e.